The lowest BCUT2D eigenvalue weighted by atomic mass is 10.3. The predicted octanol–water partition coefficient (Wildman–Crippen LogP) is 1.82. The maximum absolute atomic E-state index is 10.8. The molecule has 17 heavy (non-hydrogen) atoms. The molecule has 0 aliphatic heterocycles. The summed E-state index contributed by atoms with van der Waals surface area (Å²) in [6.45, 7) is 0.0837. The summed E-state index contributed by atoms with van der Waals surface area (Å²) in [7, 11) is 0. The van der Waals surface area contributed by atoms with Gasteiger partial charge in [-0.15, -0.1) is 17.8 Å². The van der Waals surface area contributed by atoms with E-state index in [0.29, 0.717) is 5.82 Å². The van der Waals surface area contributed by atoms with Gasteiger partial charge in [0, 0.05) is 16.3 Å². The molecule has 0 aromatic carbocycles. The standard InChI is InChI=1S/C12H10N2O2S/c1-2-6-14(8-11(15)16)12-9-4-7-17-10(9)3-5-13-12/h1,3-5,7H,6,8H2,(H,15,16). The molecule has 4 nitrogen and oxygen atoms in total. The molecule has 2 aromatic rings. The Kier molecular flexibility index (Phi) is 3.26. The van der Waals surface area contributed by atoms with Crippen molar-refractivity contribution in [1.29, 1.82) is 0 Å². The Hall–Kier alpha value is -2.06. The number of hydrogen-bond donors (Lipinski definition) is 1. The Bertz CT molecular complexity index is 585. The van der Waals surface area contributed by atoms with Crippen LogP contribution in [0.4, 0.5) is 5.82 Å². The van der Waals surface area contributed by atoms with E-state index in [-0.39, 0.29) is 13.1 Å². The minimum Gasteiger partial charge on any atom is -0.480 e. The van der Waals surface area contributed by atoms with Gasteiger partial charge in [-0.05, 0) is 17.5 Å². The van der Waals surface area contributed by atoms with E-state index in [2.05, 4.69) is 10.9 Å². The third kappa shape index (κ3) is 2.37. The number of rotatable bonds is 4. The quantitative estimate of drug-likeness (QED) is 0.836. The topological polar surface area (TPSA) is 53.4 Å². The van der Waals surface area contributed by atoms with Gasteiger partial charge in [-0.1, -0.05) is 5.92 Å². The zero-order chi connectivity index (χ0) is 12.3. The van der Waals surface area contributed by atoms with Gasteiger partial charge in [-0.3, -0.25) is 4.79 Å². The molecule has 0 fully saturated rings. The molecule has 0 atom stereocenters. The van der Waals surface area contributed by atoms with Gasteiger partial charge in [0.1, 0.15) is 12.4 Å². The summed E-state index contributed by atoms with van der Waals surface area (Å²) in [5.41, 5.74) is 0. The predicted molar refractivity (Wildman–Crippen MR) is 68.3 cm³/mol. The number of terminal acetylenes is 1. The van der Waals surface area contributed by atoms with Crippen LogP contribution in [0.1, 0.15) is 0 Å². The van der Waals surface area contributed by atoms with E-state index >= 15 is 0 Å². The van der Waals surface area contributed by atoms with E-state index in [1.807, 2.05) is 17.5 Å². The summed E-state index contributed by atoms with van der Waals surface area (Å²) in [6, 6.07) is 3.83. The molecule has 86 valence electrons. The van der Waals surface area contributed by atoms with Gasteiger partial charge >= 0.3 is 5.97 Å². The number of pyridine rings is 1. The van der Waals surface area contributed by atoms with Crippen LogP contribution < -0.4 is 4.90 Å². The fourth-order valence-corrected chi connectivity index (χ4v) is 2.39. The molecule has 0 unspecified atom stereocenters. The zero-order valence-corrected chi connectivity index (χ0v) is 9.78. The largest absolute Gasteiger partial charge is 0.480 e. The second-order valence-corrected chi connectivity index (χ2v) is 4.37. The van der Waals surface area contributed by atoms with Crippen molar-refractivity contribution in [2.24, 2.45) is 0 Å². The van der Waals surface area contributed by atoms with Crippen LogP contribution in [0.25, 0.3) is 10.1 Å². The highest BCUT2D eigenvalue weighted by Gasteiger charge is 2.14. The molecule has 0 spiro atoms. The smallest absolute Gasteiger partial charge is 0.323 e. The van der Waals surface area contributed by atoms with E-state index in [1.165, 1.54) is 0 Å². The number of thiophene rings is 1. The highest BCUT2D eigenvalue weighted by atomic mass is 32.1. The average molecular weight is 246 g/mol. The van der Waals surface area contributed by atoms with E-state index < -0.39 is 5.97 Å². The molecular weight excluding hydrogens is 236 g/mol. The Morgan fingerprint density at radius 3 is 3.12 bits per heavy atom. The van der Waals surface area contributed by atoms with Crippen LogP contribution in [0.15, 0.2) is 23.7 Å². The number of carboxylic acids is 1. The van der Waals surface area contributed by atoms with Crippen LogP contribution in [0, 0.1) is 12.3 Å². The second kappa shape index (κ2) is 4.85. The highest BCUT2D eigenvalue weighted by Crippen LogP contribution is 2.28. The number of aromatic nitrogens is 1. The van der Waals surface area contributed by atoms with Crippen molar-refractivity contribution in [2.45, 2.75) is 0 Å². The number of nitrogens with zero attached hydrogens (tertiary/aromatic N) is 2. The molecule has 2 heterocycles. The molecule has 0 aliphatic carbocycles. The zero-order valence-electron chi connectivity index (χ0n) is 8.96. The third-order valence-electron chi connectivity index (χ3n) is 2.27. The van der Waals surface area contributed by atoms with Crippen LogP contribution in [-0.2, 0) is 4.79 Å². The molecule has 0 bridgehead atoms. The fourth-order valence-electron chi connectivity index (χ4n) is 1.61. The van der Waals surface area contributed by atoms with Gasteiger partial charge in [0.15, 0.2) is 0 Å². The molecule has 5 heteroatoms. The van der Waals surface area contributed by atoms with Gasteiger partial charge < -0.3 is 10.0 Å². The lowest BCUT2D eigenvalue weighted by Crippen LogP contribution is -2.30. The van der Waals surface area contributed by atoms with Crippen molar-refractivity contribution < 1.29 is 9.90 Å². The van der Waals surface area contributed by atoms with Crippen molar-refractivity contribution in [3.8, 4) is 12.3 Å². The molecular formula is C12H10N2O2S. The van der Waals surface area contributed by atoms with Crippen molar-refractivity contribution in [3.63, 3.8) is 0 Å². The molecule has 0 saturated heterocycles. The average Bonchev–Trinajstić information content (AvgIpc) is 2.75. The first-order valence-corrected chi connectivity index (χ1v) is 5.82. The number of anilines is 1. The van der Waals surface area contributed by atoms with Crippen molar-refractivity contribution in [1.82, 2.24) is 4.98 Å². The van der Waals surface area contributed by atoms with Crippen LogP contribution in [0.3, 0.4) is 0 Å². The Morgan fingerprint density at radius 2 is 2.41 bits per heavy atom. The number of carbonyl (C=O) groups is 1. The van der Waals surface area contributed by atoms with Crippen LogP contribution in [-0.4, -0.2) is 29.1 Å². The van der Waals surface area contributed by atoms with Crippen LogP contribution in [0.2, 0.25) is 0 Å². The highest BCUT2D eigenvalue weighted by molar-refractivity contribution is 7.17. The summed E-state index contributed by atoms with van der Waals surface area (Å²) >= 11 is 1.59. The summed E-state index contributed by atoms with van der Waals surface area (Å²) in [5.74, 6) is 2.16. The monoisotopic (exact) mass is 246 g/mol. The summed E-state index contributed by atoms with van der Waals surface area (Å²) in [5, 5.41) is 11.7. The molecule has 0 aliphatic rings. The Labute approximate surface area is 103 Å². The summed E-state index contributed by atoms with van der Waals surface area (Å²) in [6.07, 6.45) is 6.92. The Morgan fingerprint density at radius 1 is 1.59 bits per heavy atom. The van der Waals surface area contributed by atoms with Crippen LogP contribution >= 0.6 is 11.3 Å². The first-order chi connectivity index (χ1) is 8.22. The molecule has 0 radical (unpaired) electrons. The second-order valence-electron chi connectivity index (χ2n) is 3.42. The van der Waals surface area contributed by atoms with E-state index in [0.717, 1.165) is 10.1 Å². The minimum absolute atomic E-state index is 0.147. The van der Waals surface area contributed by atoms with Gasteiger partial charge in [-0.2, -0.15) is 0 Å². The molecule has 2 rings (SSSR count). The number of hydrogen-bond acceptors (Lipinski definition) is 4. The minimum atomic E-state index is -0.922. The van der Waals surface area contributed by atoms with E-state index in [1.54, 1.807) is 22.4 Å². The normalized spacial score (nSPS) is 10.1. The van der Waals surface area contributed by atoms with Gasteiger partial charge in [-0.25, -0.2) is 4.98 Å². The molecule has 0 saturated carbocycles. The lowest BCUT2D eigenvalue weighted by molar-refractivity contribution is -0.135. The molecule has 1 N–H and O–H groups in total. The first kappa shape index (κ1) is 11.4. The van der Waals surface area contributed by atoms with Gasteiger partial charge in [0.2, 0.25) is 0 Å². The van der Waals surface area contributed by atoms with Gasteiger partial charge in [0.25, 0.3) is 0 Å². The Balaban J connectivity index is 2.44. The molecule has 0 amide bonds. The lowest BCUT2D eigenvalue weighted by Gasteiger charge is -2.19. The number of carboxylic acid groups (broad SMARTS) is 1. The fraction of sp³-hybridized carbons (Fsp3) is 0.167. The third-order valence-corrected chi connectivity index (χ3v) is 3.15. The summed E-state index contributed by atoms with van der Waals surface area (Å²) < 4.78 is 1.07. The van der Waals surface area contributed by atoms with Crippen molar-refractivity contribution in [2.75, 3.05) is 18.0 Å². The first-order valence-electron chi connectivity index (χ1n) is 4.95. The SMILES string of the molecule is C#CCN(CC(=O)O)c1nccc2sccc12. The summed E-state index contributed by atoms with van der Waals surface area (Å²) in [4.78, 5) is 16.6. The van der Waals surface area contributed by atoms with Crippen molar-refractivity contribution in [3.05, 3.63) is 23.7 Å². The number of fused-ring (bicyclic) bond motifs is 1. The van der Waals surface area contributed by atoms with Crippen molar-refractivity contribution >= 4 is 33.2 Å². The maximum Gasteiger partial charge on any atom is 0.323 e. The van der Waals surface area contributed by atoms with E-state index in [4.69, 9.17) is 11.5 Å². The number of aliphatic carboxylic acids is 1. The van der Waals surface area contributed by atoms with Crippen LogP contribution in [0.5, 0.6) is 0 Å². The van der Waals surface area contributed by atoms with E-state index in [9.17, 15) is 4.79 Å². The van der Waals surface area contributed by atoms with Gasteiger partial charge in [0.05, 0.1) is 6.54 Å². The maximum atomic E-state index is 10.8. The molecule has 2 aromatic heterocycles.